The van der Waals surface area contributed by atoms with E-state index in [1.807, 2.05) is 6.07 Å². The maximum atomic E-state index is 12.9. The van der Waals surface area contributed by atoms with Gasteiger partial charge in [-0.15, -0.1) is 0 Å². The van der Waals surface area contributed by atoms with Gasteiger partial charge in [-0.05, 0) is 37.1 Å². The van der Waals surface area contributed by atoms with Crippen molar-refractivity contribution in [1.29, 1.82) is 0 Å². The highest BCUT2D eigenvalue weighted by Gasteiger charge is 2.29. The zero-order chi connectivity index (χ0) is 19.2. The fraction of sp³-hybridized carbons (Fsp3) is 0.286. The van der Waals surface area contributed by atoms with Gasteiger partial charge >= 0.3 is 5.97 Å². The van der Waals surface area contributed by atoms with E-state index in [-0.39, 0.29) is 23.7 Å². The zero-order valence-corrected chi connectivity index (χ0v) is 15.2. The maximum Gasteiger partial charge on any atom is 0.308 e. The number of hydrogen-bond donors (Lipinski definition) is 1. The third-order valence-electron chi connectivity index (χ3n) is 4.76. The average molecular weight is 366 g/mol. The first kappa shape index (κ1) is 18.6. The number of carbonyl (C=O) groups is 3. The summed E-state index contributed by atoms with van der Waals surface area (Å²) in [5, 5.41) is 2.82. The maximum absolute atomic E-state index is 12.9. The molecule has 2 amide bonds. The molecule has 0 aliphatic carbocycles. The van der Waals surface area contributed by atoms with Crippen LogP contribution in [0.1, 0.15) is 33.6 Å². The minimum atomic E-state index is -0.264. The quantitative estimate of drug-likeness (QED) is 0.844. The Hall–Kier alpha value is -3.15. The molecule has 1 heterocycles. The molecule has 0 spiro atoms. The Labute approximate surface area is 158 Å². The largest absolute Gasteiger partial charge is 0.469 e. The number of carbonyl (C=O) groups excluding carboxylic acids is 3. The molecule has 1 aliphatic rings. The molecule has 6 heteroatoms. The lowest BCUT2D eigenvalue weighted by Crippen LogP contribution is -2.40. The Morgan fingerprint density at radius 2 is 1.59 bits per heavy atom. The number of nitrogens with zero attached hydrogens (tertiary/aromatic N) is 1. The smallest absolute Gasteiger partial charge is 0.308 e. The predicted octanol–water partition coefficient (Wildman–Crippen LogP) is 2.96. The van der Waals surface area contributed by atoms with E-state index < -0.39 is 0 Å². The molecule has 0 saturated carbocycles. The van der Waals surface area contributed by atoms with Crippen LogP contribution in [-0.4, -0.2) is 42.9 Å². The zero-order valence-electron chi connectivity index (χ0n) is 15.2. The molecular weight excluding hydrogens is 344 g/mol. The normalized spacial score (nSPS) is 14.5. The van der Waals surface area contributed by atoms with E-state index in [1.165, 1.54) is 7.11 Å². The molecule has 0 bridgehead atoms. The number of para-hydroxylation sites is 1. The summed E-state index contributed by atoms with van der Waals surface area (Å²) < 4.78 is 4.79. The van der Waals surface area contributed by atoms with Gasteiger partial charge in [0.25, 0.3) is 11.8 Å². The summed E-state index contributed by atoms with van der Waals surface area (Å²) in [6.45, 7) is 0.971. The minimum Gasteiger partial charge on any atom is -0.469 e. The van der Waals surface area contributed by atoms with Crippen LogP contribution in [0.2, 0.25) is 0 Å². The van der Waals surface area contributed by atoms with Crippen molar-refractivity contribution in [2.75, 3.05) is 25.5 Å². The van der Waals surface area contributed by atoms with Gasteiger partial charge in [0.05, 0.1) is 24.3 Å². The summed E-state index contributed by atoms with van der Waals surface area (Å²) >= 11 is 0. The second-order valence-electron chi connectivity index (χ2n) is 6.46. The van der Waals surface area contributed by atoms with Crippen LogP contribution in [0.15, 0.2) is 54.6 Å². The summed E-state index contributed by atoms with van der Waals surface area (Å²) in [4.78, 5) is 38.7. The van der Waals surface area contributed by atoms with Gasteiger partial charge in [-0.2, -0.15) is 0 Å². The first-order valence-corrected chi connectivity index (χ1v) is 8.92. The van der Waals surface area contributed by atoms with Crippen molar-refractivity contribution in [3.63, 3.8) is 0 Å². The number of amides is 2. The molecule has 1 aliphatic heterocycles. The molecular formula is C21H22N2O4. The molecule has 0 radical (unpaired) electrons. The number of methoxy groups -OCH3 is 1. The lowest BCUT2D eigenvalue weighted by molar-refractivity contribution is -0.146. The van der Waals surface area contributed by atoms with Crippen LogP contribution in [0.5, 0.6) is 0 Å². The topological polar surface area (TPSA) is 75.7 Å². The van der Waals surface area contributed by atoms with E-state index >= 15 is 0 Å². The van der Waals surface area contributed by atoms with E-state index in [2.05, 4.69) is 5.32 Å². The summed E-state index contributed by atoms with van der Waals surface area (Å²) in [5.74, 6) is -0.799. The molecule has 2 aromatic carbocycles. The number of nitrogens with one attached hydrogen (secondary N) is 1. The molecule has 27 heavy (non-hydrogen) atoms. The molecule has 0 aromatic heterocycles. The van der Waals surface area contributed by atoms with Crippen LogP contribution in [0, 0.1) is 5.92 Å². The van der Waals surface area contributed by atoms with Crippen LogP contribution in [0.3, 0.4) is 0 Å². The molecule has 1 N–H and O–H groups in total. The van der Waals surface area contributed by atoms with Crippen molar-refractivity contribution in [2.24, 2.45) is 5.92 Å². The summed E-state index contributed by atoms with van der Waals surface area (Å²) in [7, 11) is 1.38. The number of esters is 1. The summed E-state index contributed by atoms with van der Waals surface area (Å²) in [6.07, 6.45) is 1.16. The molecule has 3 rings (SSSR count). The van der Waals surface area contributed by atoms with Crippen molar-refractivity contribution in [3.8, 4) is 0 Å². The molecule has 6 nitrogen and oxygen atoms in total. The highest BCUT2D eigenvalue weighted by Crippen LogP contribution is 2.23. The lowest BCUT2D eigenvalue weighted by Gasteiger charge is -2.31. The number of ether oxygens (including phenoxy) is 1. The molecule has 1 saturated heterocycles. The van der Waals surface area contributed by atoms with E-state index in [4.69, 9.17) is 4.74 Å². The van der Waals surface area contributed by atoms with Crippen LogP contribution < -0.4 is 5.32 Å². The van der Waals surface area contributed by atoms with Crippen molar-refractivity contribution in [1.82, 2.24) is 4.90 Å². The van der Waals surface area contributed by atoms with Crippen molar-refractivity contribution >= 4 is 23.5 Å². The first-order valence-electron chi connectivity index (χ1n) is 8.92. The molecule has 140 valence electrons. The molecule has 0 unspecified atom stereocenters. The SMILES string of the molecule is COC(=O)C1CCN(C(=O)c2ccccc2NC(=O)c2ccccc2)CC1. The predicted molar refractivity (Wildman–Crippen MR) is 101 cm³/mol. The van der Waals surface area contributed by atoms with Crippen molar-refractivity contribution in [3.05, 3.63) is 65.7 Å². The molecule has 0 atom stereocenters. The van der Waals surface area contributed by atoms with Gasteiger partial charge in [-0.1, -0.05) is 30.3 Å². The van der Waals surface area contributed by atoms with Gasteiger partial charge in [-0.3, -0.25) is 14.4 Å². The Morgan fingerprint density at radius 3 is 2.26 bits per heavy atom. The highest BCUT2D eigenvalue weighted by molar-refractivity contribution is 6.09. The van der Waals surface area contributed by atoms with E-state index in [0.29, 0.717) is 42.7 Å². The number of benzene rings is 2. The number of hydrogen-bond acceptors (Lipinski definition) is 4. The van der Waals surface area contributed by atoms with E-state index in [1.54, 1.807) is 53.4 Å². The fourth-order valence-electron chi connectivity index (χ4n) is 3.22. The third-order valence-corrected chi connectivity index (χ3v) is 4.76. The molecule has 2 aromatic rings. The number of anilines is 1. The number of likely N-dealkylation sites (tertiary alicyclic amines) is 1. The first-order chi connectivity index (χ1) is 13.1. The van der Waals surface area contributed by atoms with Crippen LogP contribution in [-0.2, 0) is 9.53 Å². The minimum absolute atomic E-state index is 0.151. The Morgan fingerprint density at radius 1 is 0.963 bits per heavy atom. The second kappa shape index (κ2) is 8.49. The van der Waals surface area contributed by atoms with Crippen LogP contribution in [0.25, 0.3) is 0 Å². The van der Waals surface area contributed by atoms with Gasteiger partial charge in [0.2, 0.25) is 0 Å². The van der Waals surface area contributed by atoms with Gasteiger partial charge in [-0.25, -0.2) is 0 Å². The van der Waals surface area contributed by atoms with Crippen LogP contribution in [0.4, 0.5) is 5.69 Å². The van der Waals surface area contributed by atoms with Crippen molar-refractivity contribution < 1.29 is 19.1 Å². The summed E-state index contributed by atoms with van der Waals surface area (Å²) in [6, 6.07) is 15.8. The van der Waals surface area contributed by atoms with Crippen LogP contribution >= 0.6 is 0 Å². The monoisotopic (exact) mass is 366 g/mol. The highest BCUT2D eigenvalue weighted by atomic mass is 16.5. The Balaban J connectivity index is 1.71. The molecule has 1 fully saturated rings. The number of piperidine rings is 1. The third kappa shape index (κ3) is 4.34. The van der Waals surface area contributed by atoms with E-state index in [0.717, 1.165) is 0 Å². The van der Waals surface area contributed by atoms with Gasteiger partial charge in [0.1, 0.15) is 0 Å². The second-order valence-corrected chi connectivity index (χ2v) is 6.46. The lowest BCUT2D eigenvalue weighted by atomic mass is 9.96. The van der Waals surface area contributed by atoms with Gasteiger partial charge in [0.15, 0.2) is 0 Å². The average Bonchev–Trinajstić information content (AvgIpc) is 2.73. The number of rotatable bonds is 4. The van der Waals surface area contributed by atoms with E-state index in [9.17, 15) is 14.4 Å². The Bertz CT molecular complexity index is 827. The summed E-state index contributed by atoms with van der Waals surface area (Å²) in [5.41, 5.74) is 1.45. The van der Waals surface area contributed by atoms with Gasteiger partial charge < -0.3 is 15.0 Å². The van der Waals surface area contributed by atoms with Gasteiger partial charge in [0, 0.05) is 18.7 Å². The fourth-order valence-corrected chi connectivity index (χ4v) is 3.22. The standard InChI is InChI=1S/C21H22N2O4/c1-27-21(26)16-11-13-23(14-12-16)20(25)17-9-5-6-10-18(17)22-19(24)15-7-3-2-4-8-15/h2-10,16H,11-14H2,1H3,(H,22,24). The van der Waals surface area contributed by atoms with Crippen molar-refractivity contribution in [2.45, 2.75) is 12.8 Å². The Kier molecular flexibility index (Phi) is 5.86.